The lowest BCUT2D eigenvalue weighted by Crippen LogP contribution is -2.58. The number of hydrogen-bond acceptors (Lipinski definition) is 9. The zero-order chi connectivity index (χ0) is 19.1. The highest BCUT2D eigenvalue weighted by molar-refractivity contribution is 8.00. The van der Waals surface area contributed by atoms with Crippen LogP contribution in [0.5, 0.6) is 0 Å². The maximum Gasteiger partial charge on any atom is 0.303 e. The molecule has 1 saturated heterocycles. The zero-order valence-electron chi connectivity index (χ0n) is 15.0. The van der Waals surface area contributed by atoms with Crippen molar-refractivity contribution in [1.29, 1.82) is 0 Å². The van der Waals surface area contributed by atoms with Crippen molar-refractivity contribution < 1.29 is 38.1 Å². The van der Waals surface area contributed by atoms with E-state index in [1.165, 1.54) is 39.5 Å². The molecule has 0 amide bonds. The highest BCUT2D eigenvalue weighted by atomic mass is 32.2. The van der Waals surface area contributed by atoms with Gasteiger partial charge >= 0.3 is 23.9 Å². The fraction of sp³-hybridized carbons (Fsp3) is 0.750. The lowest BCUT2D eigenvalue weighted by Gasteiger charge is -2.44. The van der Waals surface area contributed by atoms with Crippen LogP contribution in [0, 0.1) is 0 Å². The number of carbonyl (C=O) groups excluding carboxylic acids is 4. The third kappa shape index (κ3) is 6.56. The van der Waals surface area contributed by atoms with E-state index in [2.05, 4.69) is 0 Å². The highest BCUT2D eigenvalue weighted by Crippen LogP contribution is 2.39. The van der Waals surface area contributed by atoms with Crippen LogP contribution in [-0.2, 0) is 38.1 Å². The molecule has 9 heteroatoms. The number of thioether (sulfide) groups is 1. The molecule has 0 aromatic rings. The summed E-state index contributed by atoms with van der Waals surface area (Å²) in [4.78, 5) is 45.7. The third-order valence-corrected chi connectivity index (χ3v) is 5.19. The first kappa shape index (κ1) is 21.3. The maximum absolute atomic E-state index is 11.5. The Morgan fingerprint density at radius 1 is 0.720 bits per heavy atom. The van der Waals surface area contributed by atoms with Crippen molar-refractivity contribution in [3.05, 3.63) is 0 Å². The van der Waals surface area contributed by atoms with Gasteiger partial charge in [0.05, 0.1) is 5.25 Å². The van der Waals surface area contributed by atoms with Crippen molar-refractivity contribution in [1.82, 2.24) is 0 Å². The number of hydrogen-bond donors (Lipinski definition) is 0. The van der Waals surface area contributed by atoms with Gasteiger partial charge in [0.15, 0.2) is 18.3 Å². The Morgan fingerprint density at radius 2 is 1.16 bits per heavy atom. The van der Waals surface area contributed by atoms with Gasteiger partial charge in [0.2, 0.25) is 0 Å². The molecule has 0 unspecified atom stereocenters. The Balaban J connectivity index is 3.18. The lowest BCUT2D eigenvalue weighted by atomic mass is 9.99. The Bertz CT molecular complexity index is 520. The first-order valence-corrected chi connectivity index (χ1v) is 8.90. The fourth-order valence-corrected chi connectivity index (χ4v) is 4.17. The molecule has 1 aliphatic heterocycles. The van der Waals surface area contributed by atoms with Crippen molar-refractivity contribution >= 4 is 35.6 Å². The monoisotopic (exact) mass is 376 g/mol. The number of ether oxygens (including phenoxy) is 4. The predicted octanol–water partition coefficient (Wildman–Crippen LogP) is 1.24. The molecular formula is C16H24O8S. The summed E-state index contributed by atoms with van der Waals surface area (Å²) in [6.45, 7) is 6.86. The molecule has 0 aliphatic carbocycles. The van der Waals surface area contributed by atoms with Gasteiger partial charge in [-0.15, -0.1) is 11.8 Å². The van der Waals surface area contributed by atoms with Crippen LogP contribution in [-0.4, -0.2) is 59.3 Å². The zero-order valence-corrected chi connectivity index (χ0v) is 15.8. The maximum atomic E-state index is 11.5. The van der Waals surface area contributed by atoms with Crippen LogP contribution in [0.2, 0.25) is 0 Å². The molecule has 0 saturated carbocycles. The van der Waals surface area contributed by atoms with Crippen LogP contribution in [0.4, 0.5) is 0 Å². The van der Waals surface area contributed by atoms with Crippen LogP contribution in [0.25, 0.3) is 0 Å². The molecule has 1 rings (SSSR count). The average Bonchev–Trinajstić information content (AvgIpc) is 2.48. The van der Waals surface area contributed by atoms with Gasteiger partial charge in [0, 0.05) is 32.9 Å². The summed E-state index contributed by atoms with van der Waals surface area (Å²) in [5.74, 6) is -2.16. The first-order valence-electron chi connectivity index (χ1n) is 7.96. The summed E-state index contributed by atoms with van der Waals surface area (Å²) in [6, 6.07) is 0. The number of rotatable bonds is 6. The minimum atomic E-state index is -0.975. The van der Waals surface area contributed by atoms with Gasteiger partial charge in [-0.3, -0.25) is 19.2 Å². The van der Waals surface area contributed by atoms with Crippen LogP contribution in [0.1, 0.15) is 41.0 Å². The van der Waals surface area contributed by atoms with E-state index in [1.54, 1.807) is 0 Å². The standard InChI is InChI=1S/C16H24O8S/c1-6-12-14(22-9(3)18)16(24-11(5)20)15(23-10(4)19)13(25-12)7-21-8(2)17/h12-16H,6-7H2,1-5H3/t12-,13+,14-,15+,16+/m0/s1. The normalized spacial score (nSPS) is 28.6. The number of esters is 4. The lowest BCUT2D eigenvalue weighted by molar-refractivity contribution is -0.185. The van der Waals surface area contributed by atoms with Crippen molar-refractivity contribution in [3.63, 3.8) is 0 Å². The molecule has 0 N–H and O–H groups in total. The van der Waals surface area contributed by atoms with Gasteiger partial charge in [-0.2, -0.15) is 0 Å². The molecule has 8 nitrogen and oxygen atoms in total. The second-order valence-corrected chi connectivity index (χ2v) is 7.13. The highest BCUT2D eigenvalue weighted by Gasteiger charge is 2.50. The van der Waals surface area contributed by atoms with Crippen molar-refractivity contribution in [2.45, 2.75) is 69.9 Å². The van der Waals surface area contributed by atoms with Crippen molar-refractivity contribution in [2.24, 2.45) is 0 Å². The van der Waals surface area contributed by atoms with E-state index in [-0.39, 0.29) is 11.9 Å². The second-order valence-electron chi connectivity index (χ2n) is 5.65. The molecule has 25 heavy (non-hydrogen) atoms. The molecule has 1 fully saturated rings. The van der Waals surface area contributed by atoms with Gasteiger partial charge in [0.25, 0.3) is 0 Å². The number of carbonyl (C=O) groups is 4. The van der Waals surface area contributed by atoms with E-state index in [9.17, 15) is 19.2 Å². The van der Waals surface area contributed by atoms with Gasteiger partial charge in [-0.1, -0.05) is 6.92 Å². The van der Waals surface area contributed by atoms with Crippen molar-refractivity contribution in [3.8, 4) is 0 Å². The Kier molecular flexibility index (Phi) is 8.21. The first-order chi connectivity index (χ1) is 11.6. The van der Waals surface area contributed by atoms with E-state index in [0.29, 0.717) is 6.42 Å². The quantitative estimate of drug-likeness (QED) is 0.500. The summed E-state index contributed by atoms with van der Waals surface area (Å²) in [6.07, 6.45) is -2.03. The average molecular weight is 376 g/mol. The third-order valence-electron chi connectivity index (χ3n) is 3.49. The second kappa shape index (κ2) is 9.65. The summed E-state index contributed by atoms with van der Waals surface area (Å²) in [5, 5.41) is -0.658. The molecular weight excluding hydrogens is 352 g/mol. The largest absolute Gasteiger partial charge is 0.465 e. The molecule has 5 atom stereocenters. The Morgan fingerprint density at radius 3 is 1.56 bits per heavy atom. The van der Waals surface area contributed by atoms with Crippen LogP contribution < -0.4 is 0 Å². The van der Waals surface area contributed by atoms with E-state index in [0.717, 1.165) is 0 Å². The van der Waals surface area contributed by atoms with Crippen LogP contribution in [0.15, 0.2) is 0 Å². The summed E-state index contributed by atoms with van der Waals surface area (Å²) < 4.78 is 21.1. The van der Waals surface area contributed by atoms with E-state index < -0.39 is 47.4 Å². The summed E-state index contributed by atoms with van der Waals surface area (Å²) >= 11 is 1.38. The summed E-state index contributed by atoms with van der Waals surface area (Å²) in [7, 11) is 0. The van der Waals surface area contributed by atoms with E-state index in [1.807, 2.05) is 6.92 Å². The van der Waals surface area contributed by atoms with Crippen LogP contribution in [0.3, 0.4) is 0 Å². The summed E-state index contributed by atoms with van der Waals surface area (Å²) in [5.41, 5.74) is 0. The topological polar surface area (TPSA) is 105 Å². The molecule has 0 aromatic heterocycles. The minimum absolute atomic E-state index is 0.0149. The molecule has 0 bridgehead atoms. The van der Waals surface area contributed by atoms with Gasteiger partial charge in [-0.05, 0) is 6.42 Å². The van der Waals surface area contributed by atoms with Crippen molar-refractivity contribution in [2.75, 3.05) is 6.61 Å². The van der Waals surface area contributed by atoms with E-state index in [4.69, 9.17) is 18.9 Å². The smallest absolute Gasteiger partial charge is 0.303 e. The molecule has 0 aromatic carbocycles. The molecule has 1 aliphatic rings. The Hall–Kier alpha value is -1.77. The predicted molar refractivity (Wildman–Crippen MR) is 88.8 cm³/mol. The van der Waals surface area contributed by atoms with E-state index >= 15 is 0 Å². The fourth-order valence-electron chi connectivity index (χ4n) is 2.65. The molecule has 0 radical (unpaired) electrons. The molecule has 142 valence electrons. The van der Waals surface area contributed by atoms with Crippen LogP contribution >= 0.6 is 11.8 Å². The SMILES string of the molecule is CC[C@@H]1S[C@H](COC(C)=O)[C@@H](OC(C)=O)[C@H](OC(C)=O)[C@H]1OC(C)=O. The minimum Gasteiger partial charge on any atom is -0.465 e. The Labute approximate surface area is 150 Å². The van der Waals surface area contributed by atoms with Gasteiger partial charge < -0.3 is 18.9 Å². The molecule has 0 spiro atoms. The van der Waals surface area contributed by atoms with Gasteiger partial charge in [-0.25, -0.2) is 0 Å². The van der Waals surface area contributed by atoms with Gasteiger partial charge in [0.1, 0.15) is 6.61 Å². The molecule has 1 heterocycles.